The van der Waals surface area contributed by atoms with Crippen molar-refractivity contribution in [3.05, 3.63) is 11.5 Å². The Hall–Kier alpha value is -0.740. The summed E-state index contributed by atoms with van der Waals surface area (Å²) < 4.78 is 10.4. The lowest BCUT2D eigenvalue weighted by atomic mass is 10.4. The minimum atomic E-state index is 0.0539. The van der Waals surface area contributed by atoms with E-state index in [1.165, 1.54) is 0 Å². The number of hydrogen-bond donors (Lipinski definition) is 1. The van der Waals surface area contributed by atoms with E-state index in [0.717, 1.165) is 38.4 Å². The Morgan fingerprint density at radius 2 is 2.00 bits per heavy atom. The molecule has 1 fully saturated rings. The summed E-state index contributed by atoms with van der Waals surface area (Å²) in [6.45, 7) is 8.55. The van der Waals surface area contributed by atoms with Gasteiger partial charge in [0.15, 0.2) is 0 Å². The van der Waals surface area contributed by atoms with E-state index >= 15 is 0 Å². The first-order chi connectivity index (χ1) is 6.70. The van der Waals surface area contributed by atoms with Gasteiger partial charge in [-0.05, 0) is 13.8 Å². The van der Waals surface area contributed by atoms with Gasteiger partial charge in [0.2, 0.25) is 0 Å². The van der Waals surface area contributed by atoms with Crippen molar-refractivity contribution in [2.45, 2.75) is 13.8 Å². The summed E-state index contributed by atoms with van der Waals surface area (Å²) in [5, 5.41) is 9.27. The molecule has 4 heteroatoms. The Morgan fingerprint density at radius 1 is 1.36 bits per heavy atom. The normalized spacial score (nSPS) is 17.9. The number of morpholine rings is 1. The lowest BCUT2D eigenvalue weighted by Crippen LogP contribution is -2.38. The summed E-state index contributed by atoms with van der Waals surface area (Å²) in [5.74, 6) is 0.0539. The Bertz CT molecular complexity index is 194. The van der Waals surface area contributed by atoms with Gasteiger partial charge in [-0.1, -0.05) is 0 Å². The predicted octanol–water partition coefficient (Wildman–Crippen LogP) is 1.14. The molecule has 0 radical (unpaired) electrons. The van der Waals surface area contributed by atoms with Crippen molar-refractivity contribution in [3.63, 3.8) is 0 Å². The van der Waals surface area contributed by atoms with Crippen LogP contribution < -0.4 is 0 Å². The number of rotatable bonds is 4. The first-order valence-electron chi connectivity index (χ1n) is 4.99. The molecule has 1 heterocycles. The molecule has 1 aliphatic heterocycles. The third-order valence-corrected chi connectivity index (χ3v) is 2.18. The molecule has 1 aliphatic rings. The highest BCUT2D eigenvalue weighted by Crippen LogP contribution is 2.01. The summed E-state index contributed by atoms with van der Waals surface area (Å²) in [6.07, 6.45) is 0. The maximum Gasteiger partial charge on any atom is 0.275 e. The smallest absolute Gasteiger partial charge is 0.275 e. The van der Waals surface area contributed by atoms with Gasteiger partial charge in [0.25, 0.3) is 5.95 Å². The quantitative estimate of drug-likeness (QED) is 0.693. The maximum absolute atomic E-state index is 9.27. The Kier molecular flexibility index (Phi) is 4.76. The van der Waals surface area contributed by atoms with Gasteiger partial charge in [0, 0.05) is 25.2 Å². The van der Waals surface area contributed by atoms with Crippen LogP contribution in [0, 0.1) is 0 Å². The van der Waals surface area contributed by atoms with Crippen molar-refractivity contribution in [1.29, 1.82) is 0 Å². The fraction of sp³-hybridized carbons (Fsp3) is 0.800. The van der Waals surface area contributed by atoms with Crippen LogP contribution in [0.5, 0.6) is 0 Å². The molecule has 0 unspecified atom stereocenters. The Morgan fingerprint density at radius 3 is 2.57 bits per heavy atom. The highest BCUT2D eigenvalue weighted by molar-refractivity contribution is 4.93. The van der Waals surface area contributed by atoms with Gasteiger partial charge in [-0.3, -0.25) is 4.90 Å². The van der Waals surface area contributed by atoms with Crippen molar-refractivity contribution in [1.82, 2.24) is 4.90 Å². The molecule has 4 nitrogen and oxygen atoms in total. The van der Waals surface area contributed by atoms with Crippen molar-refractivity contribution in [2.75, 3.05) is 39.5 Å². The SMILES string of the molecule is CC(C)=C(O)OCCN1CCOCC1. The van der Waals surface area contributed by atoms with E-state index in [9.17, 15) is 5.11 Å². The molecule has 0 aromatic heterocycles. The summed E-state index contributed by atoms with van der Waals surface area (Å²) in [4.78, 5) is 2.27. The molecule has 0 amide bonds. The Labute approximate surface area is 85.1 Å². The molecule has 0 atom stereocenters. The zero-order valence-corrected chi connectivity index (χ0v) is 8.95. The zero-order valence-electron chi connectivity index (χ0n) is 8.95. The molecule has 0 spiro atoms. The van der Waals surface area contributed by atoms with E-state index in [1.54, 1.807) is 0 Å². The second-order valence-corrected chi connectivity index (χ2v) is 3.61. The van der Waals surface area contributed by atoms with Crippen molar-refractivity contribution < 1.29 is 14.6 Å². The van der Waals surface area contributed by atoms with E-state index in [2.05, 4.69) is 4.90 Å². The molecule has 1 N–H and O–H groups in total. The summed E-state index contributed by atoms with van der Waals surface area (Å²) in [6, 6.07) is 0. The van der Waals surface area contributed by atoms with Crippen LogP contribution in [0.3, 0.4) is 0 Å². The van der Waals surface area contributed by atoms with Gasteiger partial charge in [-0.2, -0.15) is 0 Å². The van der Waals surface area contributed by atoms with Gasteiger partial charge in [-0.15, -0.1) is 0 Å². The second-order valence-electron chi connectivity index (χ2n) is 3.61. The highest BCUT2D eigenvalue weighted by Gasteiger charge is 2.09. The minimum Gasteiger partial charge on any atom is -0.481 e. The molecule has 0 aromatic carbocycles. The first-order valence-corrected chi connectivity index (χ1v) is 4.99. The lowest BCUT2D eigenvalue weighted by molar-refractivity contribution is 0.0162. The topological polar surface area (TPSA) is 41.9 Å². The van der Waals surface area contributed by atoms with Crippen LogP contribution in [-0.2, 0) is 9.47 Å². The van der Waals surface area contributed by atoms with Gasteiger partial charge >= 0.3 is 0 Å². The average molecular weight is 201 g/mol. The molecule has 1 rings (SSSR count). The van der Waals surface area contributed by atoms with E-state index in [-0.39, 0.29) is 5.95 Å². The third kappa shape index (κ3) is 3.98. The van der Waals surface area contributed by atoms with Crippen LogP contribution in [-0.4, -0.2) is 49.5 Å². The fourth-order valence-electron chi connectivity index (χ4n) is 1.24. The molecule has 0 aliphatic carbocycles. The van der Waals surface area contributed by atoms with Gasteiger partial charge < -0.3 is 14.6 Å². The minimum absolute atomic E-state index is 0.0539. The predicted molar refractivity (Wildman–Crippen MR) is 54.2 cm³/mol. The van der Waals surface area contributed by atoms with E-state index in [0.29, 0.717) is 6.61 Å². The zero-order chi connectivity index (χ0) is 10.4. The van der Waals surface area contributed by atoms with Gasteiger partial charge in [-0.25, -0.2) is 0 Å². The van der Waals surface area contributed by atoms with E-state index in [1.807, 2.05) is 13.8 Å². The van der Waals surface area contributed by atoms with Crippen LogP contribution in [0.25, 0.3) is 0 Å². The number of nitrogens with zero attached hydrogens (tertiary/aromatic N) is 1. The van der Waals surface area contributed by atoms with E-state index in [4.69, 9.17) is 9.47 Å². The van der Waals surface area contributed by atoms with Crippen LogP contribution >= 0.6 is 0 Å². The first kappa shape index (κ1) is 11.3. The average Bonchev–Trinajstić information content (AvgIpc) is 2.19. The number of hydrogen-bond acceptors (Lipinski definition) is 4. The van der Waals surface area contributed by atoms with Crippen LogP contribution in [0.1, 0.15) is 13.8 Å². The monoisotopic (exact) mass is 201 g/mol. The summed E-state index contributed by atoms with van der Waals surface area (Å²) in [5.41, 5.74) is 0.812. The molecule has 1 saturated heterocycles. The molecule has 0 saturated carbocycles. The van der Waals surface area contributed by atoms with Crippen molar-refractivity contribution in [3.8, 4) is 0 Å². The largest absolute Gasteiger partial charge is 0.481 e. The van der Waals surface area contributed by atoms with Gasteiger partial charge in [0.1, 0.15) is 6.61 Å². The summed E-state index contributed by atoms with van der Waals surface area (Å²) in [7, 11) is 0. The molecule has 82 valence electrons. The van der Waals surface area contributed by atoms with Gasteiger partial charge in [0.05, 0.1) is 13.2 Å². The second kappa shape index (κ2) is 5.88. The molecular weight excluding hydrogens is 182 g/mol. The third-order valence-electron chi connectivity index (χ3n) is 2.18. The number of aliphatic hydroxyl groups is 1. The van der Waals surface area contributed by atoms with Crippen molar-refractivity contribution in [2.24, 2.45) is 0 Å². The number of ether oxygens (including phenoxy) is 2. The molecule has 14 heavy (non-hydrogen) atoms. The Balaban J connectivity index is 2.11. The van der Waals surface area contributed by atoms with E-state index < -0.39 is 0 Å². The molecule has 0 aromatic rings. The lowest BCUT2D eigenvalue weighted by Gasteiger charge is -2.26. The maximum atomic E-state index is 9.27. The number of allylic oxidation sites excluding steroid dienone is 1. The van der Waals surface area contributed by atoms with Crippen molar-refractivity contribution >= 4 is 0 Å². The molecule has 0 bridgehead atoms. The molecular formula is C10H19NO3. The summed E-state index contributed by atoms with van der Waals surface area (Å²) >= 11 is 0. The standard InChI is InChI=1S/C10H19NO3/c1-9(2)10(12)14-8-5-11-3-6-13-7-4-11/h12H,3-8H2,1-2H3. The number of aliphatic hydroxyl groups excluding tert-OH is 1. The van der Waals surface area contributed by atoms with Crippen LogP contribution in [0.4, 0.5) is 0 Å². The fourth-order valence-corrected chi connectivity index (χ4v) is 1.24. The van der Waals surface area contributed by atoms with Crippen LogP contribution in [0.15, 0.2) is 11.5 Å². The van der Waals surface area contributed by atoms with Crippen LogP contribution in [0.2, 0.25) is 0 Å². The highest BCUT2D eigenvalue weighted by atomic mass is 16.6.